The van der Waals surface area contributed by atoms with Crippen molar-refractivity contribution in [1.82, 2.24) is 0 Å². The molecule has 7 nitrogen and oxygen atoms in total. The maximum Gasteiger partial charge on any atom is 0.331 e. The fraction of sp³-hybridized carbons (Fsp3) is 0.176. The minimum atomic E-state index is -0.959. The molecule has 0 aliphatic carbocycles. The van der Waals surface area contributed by atoms with E-state index >= 15 is 0 Å². The average Bonchev–Trinajstić information content (AvgIpc) is 3.21. The Morgan fingerprint density at radius 2 is 2.04 bits per heavy atom. The summed E-state index contributed by atoms with van der Waals surface area (Å²) in [4.78, 5) is 23.9. The number of benzene rings is 1. The molecule has 1 aliphatic heterocycles. The lowest BCUT2D eigenvalue weighted by Gasteiger charge is -2.12. The molecule has 0 bridgehead atoms. The van der Waals surface area contributed by atoms with Crippen LogP contribution >= 0.6 is 22.6 Å². The topological polar surface area (TPSA) is 87.0 Å². The largest absolute Gasteiger partial charge is 0.454 e. The third-order valence-corrected chi connectivity index (χ3v) is 3.86. The van der Waals surface area contributed by atoms with Gasteiger partial charge in [-0.15, -0.1) is 0 Å². The number of anilines is 1. The average molecular weight is 455 g/mol. The van der Waals surface area contributed by atoms with Crippen molar-refractivity contribution in [3.63, 3.8) is 0 Å². The number of furan rings is 1. The van der Waals surface area contributed by atoms with E-state index in [2.05, 4.69) is 5.32 Å². The summed E-state index contributed by atoms with van der Waals surface area (Å²) in [5.41, 5.74) is 0.526. The molecule has 2 aromatic rings. The van der Waals surface area contributed by atoms with Crippen LogP contribution < -0.4 is 14.8 Å². The second kappa shape index (κ2) is 7.60. The number of nitrogens with one attached hydrogen (secondary N) is 1. The summed E-state index contributed by atoms with van der Waals surface area (Å²) >= 11 is 2.02. The molecule has 3 rings (SSSR count). The number of esters is 1. The minimum Gasteiger partial charge on any atom is -0.454 e. The van der Waals surface area contributed by atoms with Crippen molar-refractivity contribution >= 4 is 46.2 Å². The van der Waals surface area contributed by atoms with Gasteiger partial charge in [0.1, 0.15) is 5.76 Å². The van der Waals surface area contributed by atoms with Gasteiger partial charge in [0.2, 0.25) is 6.79 Å². The summed E-state index contributed by atoms with van der Waals surface area (Å²) in [6.45, 7) is 1.64. The van der Waals surface area contributed by atoms with Crippen molar-refractivity contribution in [2.24, 2.45) is 0 Å². The van der Waals surface area contributed by atoms with Crippen LogP contribution in [0.4, 0.5) is 5.69 Å². The van der Waals surface area contributed by atoms with Crippen LogP contribution in [0.5, 0.6) is 11.5 Å². The summed E-state index contributed by atoms with van der Waals surface area (Å²) in [6, 6.07) is 8.52. The highest BCUT2D eigenvalue weighted by Crippen LogP contribution is 2.34. The molecule has 8 heteroatoms. The number of carbonyl (C=O) groups is 2. The van der Waals surface area contributed by atoms with Crippen molar-refractivity contribution in [1.29, 1.82) is 0 Å². The van der Waals surface area contributed by atoms with Crippen LogP contribution in [0, 0.1) is 3.77 Å². The molecule has 1 N–H and O–H groups in total. The number of fused-ring (bicyclic) bond motifs is 1. The summed E-state index contributed by atoms with van der Waals surface area (Å²) in [6.07, 6.45) is 1.73. The fourth-order valence-corrected chi connectivity index (χ4v) is 2.49. The first-order valence-electron chi connectivity index (χ1n) is 7.36. The smallest absolute Gasteiger partial charge is 0.331 e. The zero-order valence-corrected chi connectivity index (χ0v) is 15.3. The second-order valence-corrected chi connectivity index (χ2v) is 6.17. The van der Waals surface area contributed by atoms with Gasteiger partial charge in [-0.25, -0.2) is 4.79 Å². The molecule has 0 spiro atoms. The van der Waals surface area contributed by atoms with Gasteiger partial charge >= 0.3 is 5.97 Å². The zero-order chi connectivity index (χ0) is 17.8. The zero-order valence-electron chi connectivity index (χ0n) is 13.2. The van der Waals surface area contributed by atoms with E-state index in [4.69, 9.17) is 18.6 Å². The molecule has 0 saturated heterocycles. The van der Waals surface area contributed by atoms with Crippen LogP contribution in [0.2, 0.25) is 0 Å². The molecule has 130 valence electrons. The molecule has 0 radical (unpaired) electrons. The number of hydrogen-bond donors (Lipinski definition) is 1. The summed E-state index contributed by atoms with van der Waals surface area (Å²) in [5.74, 6) is 0.611. The molecule has 1 aromatic carbocycles. The van der Waals surface area contributed by atoms with Gasteiger partial charge in [0.05, 0.1) is 0 Å². The van der Waals surface area contributed by atoms with Crippen LogP contribution in [0.1, 0.15) is 12.7 Å². The van der Waals surface area contributed by atoms with Gasteiger partial charge < -0.3 is 23.9 Å². The Morgan fingerprint density at radius 3 is 2.80 bits per heavy atom. The summed E-state index contributed by atoms with van der Waals surface area (Å²) in [5, 5.41) is 2.66. The number of carbonyl (C=O) groups excluding carboxylic acids is 2. The Bertz CT molecular complexity index is 828. The summed E-state index contributed by atoms with van der Waals surface area (Å²) < 4.78 is 21.5. The van der Waals surface area contributed by atoms with Gasteiger partial charge in [0, 0.05) is 17.8 Å². The Labute approximate surface area is 157 Å². The van der Waals surface area contributed by atoms with Crippen molar-refractivity contribution in [2.45, 2.75) is 13.0 Å². The van der Waals surface area contributed by atoms with Crippen LogP contribution in [0.3, 0.4) is 0 Å². The van der Waals surface area contributed by atoms with Crippen LogP contribution in [0.15, 0.2) is 40.8 Å². The Morgan fingerprint density at radius 1 is 1.24 bits per heavy atom. The normalized spacial score (nSPS) is 13.7. The van der Waals surface area contributed by atoms with Crippen molar-refractivity contribution in [3.05, 3.63) is 45.9 Å². The van der Waals surface area contributed by atoms with E-state index in [1.807, 2.05) is 22.6 Å². The minimum absolute atomic E-state index is 0.155. The molecule has 1 unspecified atom stereocenters. The molecule has 2 heterocycles. The lowest BCUT2D eigenvalue weighted by Crippen LogP contribution is -2.29. The van der Waals surface area contributed by atoms with E-state index in [1.165, 1.54) is 19.1 Å². The van der Waals surface area contributed by atoms with Crippen LogP contribution in [-0.2, 0) is 14.3 Å². The Balaban J connectivity index is 1.53. The highest BCUT2D eigenvalue weighted by Gasteiger charge is 2.19. The number of rotatable bonds is 5. The molecular weight excluding hydrogens is 441 g/mol. The highest BCUT2D eigenvalue weighted by atomic mass is 127. The second-order valence-electron chi connectivity index (χ2n) is 5.11. The van der Waals surface area contributed by atoms with E-state index in [0.717, 1.165) is 0 Å². The number of halogens is 1. The molecule has 0 fully saturated rings. The molecule has 1 amide bonds. The predicted molar refractivity (Wildman–Crippen MR) is 97.2 cm³/mol. The molecule has 1 aromatic heterocycles. The molecule has 1 aliphatic rings. The predicted octanol–water partition coefficient (Wildman–Crippen LogP) is 3.20. The molecule has 0 saturated carbocycles. The molecule has 25 heavy (non-hydrogen) atoms. The Kier molecular flexibility index (Phi) is 5.27. The van der Waals surface area contributed by atoms with E-state index in [9.17, 15) is 9.59 Å². The van der Waals surface area contributed by atoms with Gasteiger partial charge in [-0.1, -0.05) is 0 Å². The maximum atomic E-state index is 12.1. The number of ether oxygens (including phenoxy) is 3. The first-order chi connectivity index (χ1) is 12.0. The lowest BCUT2D eigenvalue weighted by molar-refractivity contribution is -0.148. The quantitative estimate of drug-likeness (QED) is 0.424. The number of amides is 1. The first-order valence-corrected chi connectivity index (χ1v) is 8.44. The fourth-order valence-electron chi connectivity index (χ4n) is 2.05. The van der Waals surface area contributed by atoms with Gasteiger partial charge in [-0.3, -0.25) is 4.79 Å². The van der Waals surface area contributed by atoms with E-state index in [0.29, 0.717) is 26.7 Å². The van der Waals surface area contributed by atoms with Crippen molar-refractivity contribution < 1.29 is 28.2 Å². The maximum absolute atomic E-state index is 12.1. The molecular formula is C17H14INO6. The van der Waals surface area contributed by atoms with E-state index < -0.39 is 18.0 Å². The van der Waals surface area contributed by atoms with E-state index in [1.54, 1.807) is 30.3 Å². The summed E-state index contributed by atoms with van der Waals surface area (Å²) in [7, 11) is 0. The van der Waals surface area contributed by atoms with Crippen molar-refractivity contribution in [2.75, 3.05) is 12.1 Å². The standard InChI is InChI=1S/C17H14INO6/c1-10(24-16(20)7-4-12-3-6-15(18)25-12)17(21)19-11-2-5-13-14(8-11)23-9-22-13/h2-8,10H,9H2,1H3,(H,19,21)/b7-4+. The van der Waals surface area contributed by atoms with Crippen LogP contribution in [0.25, 0.3) is 6.08 Å². The molecule has 1 atom stereocenters. The van der Waals surface area contributed by atoms with Crippen LogP contribution in [-0.4, -0.2) is 24.8 Å². The third-order valence-electron chi connectivity index (χ3n) is 3.28. The highest BCUT2D eigenvalue weighted by molar-refractivity contribution is 14.1. The SMILES string of the molecule is CC(OC(=O)/C=C/c1ccc(I)o1)C(=O)Nc1ccc2c(c1)OCO2. The van der Waals surface area contributed by atoms with Gasteiger partial charge in [-0.05, 0) is 59.9 Å². The van der Waals surface area contributed by atoms with Gasteiger partial charge in [0.25, 0.3) is 5.91 Å². The Hall–Kier alpha value is -2.49. The number of hydrogen-bond acceptors (Lipinski definition) is 6. The first kappa shape index (κ1) is 17.3. The van der Waals surface area contributed by atoms with Crippen molar-refractivity contribution in [3.8, 4) is 11.5 Å². The third kappa shape index (κ3) is 4.53. The monoisotopic (exact) mass is 455 g/mol. The van der Waals surface area contributed by atoms with Gasteiger partial charge in [-0.2, -0.15) is 0 Å². The lowest BCUT2D eigenvalue weighted by atomic mass is 10.2. The van der Waals surface area contributed by atoms with E-state index in [-0.39, 0.29) is 6.79 Å². The van der Waals surface area contributed by atoms with Gasteiger partial charge in [0.15, 0.2) is 21.4 Å².